The average Bonchev–Trinajstić information content (AvgIpc) is 3.27. The van der Waals surface area contributed by atoms with Crippen LogP contribution in [0, 0.1) is 15.5 Å². The monoisotopic (exact) mass is 541 g/mol. The number of fused-ring (bicyclic) bond motifs is 1. The second-order valence-electron chi connectivity index (χ2n) is 10.9. The van der Waals surface area contributed by atoms with Crippen LogP contribution in [0.1, 0.15) is 26.7 Å². The van der Waals surface area contributed by atoms with Crippen molar-refractivity contribution < 1.29 is 9.66 Å². The molecule has 1 saturated heterocycles. The fraction of sp³-hybridized carbons (Fsp3) is 0.300. The van der Waals surface area contributed by atoms with Crippen molar-refractivity contribution in [2.75, 3.05) is 31.1 Å². The zero-order valence-corrected chi connectivity index (χ0v) is 23.1. The Balaban J connectivity index is 1.75. The van der Waals surface area contributed by atoms with E-state index in [9.17, 15) is 10.1 Å². The molecule has 8 nitrogen and oxygen atoms in total. The number of hydrogen-bond donors (Lipinski definition) is 0. The van der Waals surface area contributed by atoms with Crippen molar-refractivity contribution in [3.8, 4) is 0 Å². The molecular weight excluding hydrogens is 509 g/mol. The molecule has 0 aromatic heterocycles. The summed E-state index contributed by atoms with van der Waals surface area (Å²) in [6.45, 7) is 7.52. The molecule has 0 amide bonds. The first-order valence-corrected chi connectivity index (χ1v) is 15.0. The van der Waals surface area contributed by atoms with E-state index in [0.29, 0.717) is 18.9 Å². The predicted octanol–water partition coefficient (Wildman–Crippen LogP) is 6.91. The Hall–Kier alpha value is -3.74. The number of nitro benzene ring substituents is 1. The Kier molecular flexibility index (Phi) is 6.61. The van der Waals surface area contributed by atoms with Gasteiger partial charge in [-0.05, 0) is 36.5 Å². The molecule has 3 aromatic carbocycles. The molecule has 39 heavy (non-hydrogen) atoms. The summed E-state index contributed by atoms with van der Waals surface area (Å²) in [4.78, 5) is 14.2. The topological polar surface area (TPSA) is 83.6 Å². The average molecular weight is 542 g/mol. The van der Waals surface area contributed by atoms with E-state index < -0.39 is 7.21 Å². The van der Waals surface area contributed by atoms with Gasteiger partial charge in [-0.2, -0.15) is 5.10 Å². The summed E-state index contributed by atoms with van der Waals surface area (Å²) in [6.07, 6.45) is 1.69. The van der Waals surface area contributed by atoms with E-state index in [0.717, 1.165) is 47.9 Å². The fourth-order valence-corrected chi connectivity index (χ4v) is 9.59. The molecule has 1 atom stereocenters. The summed E-state index contributed by atoms with van der Waals surface area (Å²) in [6, 6.07) is 27.1. The van der Waals surface area contributed by atoms with Gasteiger partial charge in [0.15, 0.2) is 0 Å². The summed E-state index contributed by atoms with van der Waals surface area (Å²) in [5.74, 6) is 0. The van der Waals surface area contributed by atoms with Crippen molar-refractivity contribution in [3.05, 3.63) is 106 Å². The Morgan fingerprint density at radius 3 is 2.26 bits per heavy atom. The molecule has 3 aliphatic rings. The highest BCUT2D eigenvalue weighted by molar-refractivity contribution is 7.80. The van der Waals surface area contributed by atoms with E-state index >= 15 is 0 Å². The molecule has 1 fully saturated rings. The van der Waals surface area contributed by atoms with Crippen molar-refractivity contribution in [1.29, 1.82) is 0 Å². The van der Waals surface area contributed by atoms with E-state index in [-0.39, 0.29) is 16.0 Å². The van der Waals surface area contributed by atoms with Crippen LogP contribution in [-0.2, 0) is 4.74 Å². The van der Waals surface area contributed by atoms with E-state index in [1.807, 2.05) is 54.6 Å². The number of hydrogen-bond acceptors (Lipinski definition) is 6. The smallest absolute Gasteiger partial charge is 0.294 e. The minimum Gasteiger partial charge on any atom is -0.378 e. The zero-order chi connectivity index (χ0) is 27.0. The SMILES string of the molecule is CC1(C)CC2=NN(c3ccccc3)P(=Nc3ccccc3[N+](=O)[O-])(c3ccccc3)C2=C(N2CCOCC2)C1. The van der Waals surface area contributed by atoms with Gasteiger partial charge in [-0.25, -0.2) is 9.52 Å². The minimum absolute atomic E-state index is 0.000991. The highest BCUT2D eigenvalue weighted by atomic mass is 31.2. The van der Waals surface area contributed by atoms with E-state index in [1.165, 1.54) is 11.8 Å². The maximum atomic E-state index is 12.1. The molecule has 0 N–H and O–H groups in total. The van der Waals surface area contributed by atoms with Crippen molar-refractivity contribution in [2.45, 2.75) is 26.7 Å². The molecule has 0 spiro atoms. The summed E-state index contributed by atoms with van der Waals surface area (Å²) >= 11 is 0. The molecule has 200 valence electrons. The first-order valence-electron chi connectivity index (χ1n) is 13.3. The van der Waals surface area contributed by atoms with Gasteiger partial charge in [0.05, 0.1) is 34.9 Å². The molecular formula is C30H32N5O3P. The second-order valence-corrected chi connectivity index (χ2v) is 13.6. The Morgan fingerprint density at radius 2 is 1.56 bits per heavy atom. The molecule has 0 bridgehead atoms. The molecule has 1 unspecified atom stereocenters. The van der Waals surface area contributed by atoms with E-state index in [2.05, 4.69) is 35.7 Å². The summed E-state index contributed by atoms with van der Waals surface area (Å²) in [5.41, 5.74) is 3.57. The third kappa shape index (κ3) is 4.58. The lowest BCUT2D eigenvalue weighted by Crippen LogP contribution is -2.40. The molecule has 0 radical (unpaired) electrons. The molecule has 3 aromatic rings. The zero-order valence-electron chi connectivity index (χ0n) is 22.2. The summed E-state index contributed by atoms with van der Waals surface area (Å²) in [5, 5.41) is 19.6. The Bertz CT molecular complexity index is 1510. The van der Waals surface area contributed by atoms with Crippen LogP contribution >= 0.6 is 7.21 Å². The second kappa shape index (κ2) is 10.1. The van der Waals surface area contributed by atoms with E-state index in [1.54, 1.807) is 12.1 Å². The van der Waals surface area contributed by atoms with Crippen molar-refractivity contribution in [3.63, 3.8) is 0 Å². The fourth-order valence-electron chi connectivity index (χ4n) is 5.78. The van der Waals surface area contributed by atoms with Gasteiger partial charge in [-0.15, -0.1) is 0 Å². The molecule has 0 saturated carbocycles. The number of para-hydroxylation sites is 2. The lowest BCUT2D eigenvalue weighted by molar-refractivity contribution is -0.384. The van der Waals surface area contributed by atoms with Crippen LogP contribution in [0.15, 0.2) is 106 Å². The Labute approximate surface area is 228 Å². The molecule has 2 heterocycles. The van der Waals surface area contributed by atoms with Gasteiger partial charge in [0.1, 0.15) is 12.9 Å². The number of rotatable bonds is 5. The van der Waals surface area contributed by atoms with Gasteiger partial charge in [0.25, 0.3) is 5.69 Å². The third-order valence-corrected chi connectivity index (χ3v) is 11.0. The van der Waals surface area contributed by atoms with Crippen LogP contribution < -0.4 is 10.1 Å². The van der Waals surface area contributed by atoms with Gasteiger partial charge in [-0.3, -0.25) is 10.1 Å². The van der Waals surface area contributed by atoms with E-state index in [4.69, 9.17) is 14.6 Å². The molecule has 6 rings (SSSR count). The summed E-state index contributed by atoms with van der Waals surface area (Å²) < 4.78 is 13.3. The maximum Gasteiger partial charge on any atom is 0.294 e. The van der Waals surface area contributed by atoms with Gasteiger partial charge >= 0.3 is 0 Å². The van der Waals surface area contributed by atoms with Crippen molar-refractivity contribution >= 4 is 35.3 Å². The lowest BCUT2D eigenvalue weighted by Gasteiger charge is -2.42. The molecule has 2 aliphatic heterocycles. The normalized spacial score (nSPS) is 22.4. The minimum atomic E-state index is -2.88. The maximum absolute atomic E-state index is 12.1. The van der Waals surface area contributed by atoms with Crippen LogP contribution in [-0.4, -0.2) is 41.8 Å². The van der Waals surface area contributed by atoms with Crippen LogP contribution in [0.25, 0.3) is 0 Å². The number of nitro groups is 1. The number of hydrazone groups is 1. The van der Waals surface area contributed by atoms with Crippen LogP contribution in [0.5, 0.6) is 0 Å². The number of morpholine rings is 1. The van der Waals surface area contributed by atoms with Crippen molar-refractivity contribution in [2.24, 2.45) is 15.3 Å². The quantitative estimate of drug-likeness (QED) is 0.199. The Morgan fingerprint density at radius 1 is 0.923 bits per heavy atom. The van der Waals surface area contributed by atoms with Gasteiger partial charge in [-0.1, -0.05) is 74.5 Å². The number of anilines is 1. The predicted molar refractivity (Wildman–Crippen MR) is 157 cm³/mol. The first-order chi connectivity index (χ1) is 18.9. The van der Waals surface area contributed by atoms with Gasteiger partial charge < -0.3 is 9.64 Å². The number of ether oxygens (including phenoxy) is 1. The molecule has 1 aliphatic carbocycles. The molecule has 9 heteroatoms. The third-order valence-electron chi connectivity index (χ3n) is 7.47. The van der Waals surface area contributed by atoms with Crippen LogP contribution in [0.2, 0.25) is 0 Å². The van der Waals surface area contributed by atoms with Gasteiger partial charge in [0.2, 0.25) is 0 Å². The van der Waals surface area contributed by atoms with Crippen LogP contribution in [0.3, 0.4) is 0 Å². The largest absolute Gasteiger partial charge is 0.378 e. The number of nitrogens with zero attached hydrogens (tertiary/aromatic N) is 5. The number of benzene rings is 3. The first kappa shape index (κ1) is 25.5. The summed E-state index contributed by atoms with van der Waals surface area (Å²) in [7, 11) is -2.88. The highest BCUT2D eigenvalue weighted by Gasteiger charge is 2.49. The highest BCUT2D eigenvalue weighted by Crippen LogP contribution is 2.70. The van der Waals surface area contributed by atoms with Gasteiger partial charge in [0, 0.05) is 30.2 Å². The number of allylic oxidation sites excluding steroid dienone is 2. The standard InChI is InChI=1S/C30H32N5O3P/c1-30(2)21-26-29(28(22-30)33-17-19-38-20-18-33)39(24-13-7-4-8-14-24,34(31-26)23-11-5-3-6-12-23)32-25-15-9-10-16-27(25)35(36)37/h3-16H,17-22H2,1-2H3. The van der Waals surface area contributed by atoms with Crippen molar-refractivity contribution in [1.82, 2.24) is 4.90 Å². The lowest BCUT2D eigenvalue weighted by atomic mass is 9.78. The van der Waals surface area contributed by atoms with Crippen LogP contribution in [0.4, 0.5) is 17.1 Å².